The van der Waals surface area contributed by atoms with Crippen LogP contribution in [0.5, 0.6) is 0 Å². The standard InChI is InChI=1S/C33H31F4N5O3/c1-21-3-6-26(20-29(21)31(44)42-11-13-45-14-12-42)39-32-38-10-9-30(40-32)41(2)27-7-4-22(5-8-27)17-28(43)18-23-15-24(33(35,36)37)19-25(34)16-23/h3-10,15-16,19-20H,11-14,17-18H2,1-2H3,(H,38,39,40). The number of Topliss-reactive ketones (excluding diaryl/α,β-unsaturated/α-hetero) is 1. The number of aryl methyl sites for hydroxylation is 1. The van der Waals surface area contributed by atoms with E-state index in [2.05, 4.69) is 15.3 Å². The van der Waals surface area contributed by atoms with Gasteiger partial charge in [0.15, 0.2) is 0 Å². The normalized spacial score (nSPS) is 13.4. The van der Waals surface area contributed by atoms with Crippen molar-refractivity contribution in [2.75, 3.05) is 43.6 Å². The number of ether oxygens (including phenoxy) is 1. The molecule has 234 valence electrons. The van der Waals surface area contributed by atoms with Crippen molar-refractivity contribution in [3.8, 4) is 0 Å². The van der Waals surface area contributed by atoms with E-state index in [1.165, 1.54) is 0 Å². The molecule has 1 aliphatic heterocycles. The van der Waals surface area contributed by atoms with Crippen molar-refractivity contribution in [1.82, 2.24) is 14.9 Å². The number of alkyl halides is 3. The zero-order valence-corrected chi connectivity index (χ0v) is 24.7. The van der Waals surface area contributed by atoms with Gasteiger partial charge in [-0.05, 0) is 72.1 Å². The summed E-state index contributed by atoms with van der Waals surface area (Å²) in [6.45, 7) is 4.02. The molecule has 1 fully saturated rings. The van der Waals surface area contributed by atoms with Crippen molar-refractivity contribution in [3.63, 3.8) is 0 Å². The van der Waals surface area contributed by atoms with Gasteiger partial charge in [-0.3, -0.25) is 9.59 Å². The van der Waals surface area contributed by atoms with Crippen LogP contribution in [0.15, 0.2) is 72.9 Å². The molecule has 1 saturated heterocycles. The first-order valence-corrected chi connectivity index (χ1v) is 14.2. The highest BCUT2D eigenvalue weighted by molar-refractivity contribution is 5.96. The summed E-state index contributed by atoms with van der Waals surface area (Å²) in [7, 11) is 1.82. The molecule has 0 radical (unpaired) electrons. The second kappa shape index (κ2) is 13.4. The molecule has 1 amide bonds. The van der Waals surface area contributed by atoms with E-state index in [0.717, 1.165) is 23.4 Å². The molecule has 1 aromatic heterocycles. The highest BCUT2D eigenvalue weighted by Gasteiger charge is 2.31. The average Bonchev–Trinajstić information content (AvgIpc) is 3.01. The summed E-state index contributed by atoms with van der Waals surface area (Å²) in [5, 5.41) is 3.17. The molecule has 0 atom stereocenters. The first-order valence-electron chi connectivity index (χ1n) is 14.2. The third-order valence-electron chi connectivity index (χ3n) is 7.42. The van der Waals surface area contributed by atoms with Crippen LogP contribution in [0.1, 0.15) is 32.6 Å². The van der Waals surface area contributed by atoms with Crippen LogP contribution in [0.4, 0.5) is 40.7 Å². The maximum Gasteiger partial charge on any atom is 0.416 e. The number of morpholine rings is 1. The molecule has 0 bridgehead atoms. The van der Waals surface area contributed by atoms with Gasteiger partial charge in [0.1, 0.15) is 17.4 Å². The Morgan fingerprint density at radius 3 is 2.38 bits per heavy atom. The van der Waals surface area contributed by atoms with Crippen molar-refractivity contribution < 1.29 is 31.9 Å². The molecule has 5 rings (SSSR count). The van der Waals surface area contributed by atoms with Crippen LogP contribution in [-0.4, -0.2) is 59.9 Å². The van der Waals surface area contributed by atoms with Crippen molar-refractivity contribution in [1.29, 1.82) is 0 Å². The molecule has 0 unspecified atom stereocenters. The molecule has 0 spiro atoms. The van der Waals surface area contributed by atoms with E-state index in [4.69, 9.17) is 4.74 Å². The number of benzene rings is 3. The summed E-state index contributed by atoms with van der Waals surface area (Å²) in [6, 6.07) is 16.5. The van der Waals surface area contributed by atoms with E-state index in [1.807, 2.05) is 31.0 Å². The largest absolute Gasteiger partial charge is 0.416 e. The van der Waals surface area contributed by atoms with Gasteiger partial charge in [0.25, 0.3) is 5.91 Å². The Morgan fingerprint density at radius 2 is 1.67 bits per heavy atom. The van der Waals surface area contributed by atoms with Gasteiger partial charge >= 0.3 is 6.18 Å². The first kappa shape index (κ1) is 31.6. The van der Waals surface area contributed by atoms with Gasteiger partial charge in [-0.15, -0.1) is 0 Å². The lowest BCUT2D eigenvalue weighted by molar-refractivity contribution is -0.138. The van der Waals surface area contributed by atoms with Gasteiger partial charge < -0.3 is 19.9 Å². The van der Waals surface area contributed by atoms with Crippen molar-refractivity contribution >= 4 is 34.8 Å². The summed E-state index contributed by atoms with van der Waals surface area (Å²) < 4.78 is 58.1. The lowest BCUT2D eigenvalue weighted by Gasteiger charge is -2.27. The minimum Gasteiger partial charge on any atom is -0.378 e. The summed E-state index contributed by atoms with van der Waals surface area (Å²) in [4.78, 5) is 38.2. The first-order chi connectivity index (χ1) is 21.5. The Balaban J connectivity index is 1.23. The van der Waals surface area contributed by atoms with E-state index < -0.39 is 17.6 Å². The second-order valence-electron chi connectivity index (χ2n) is 10.8. The van der Waals surface area contributed by atoms with Gasteiger partial charge in [0, 0.05) is 56.1 Å². The summed E-state index contributed by atoms with van der Waals surface area (Å²) >= 11 is 0. The minimum atomic E-state index is -4.70. The number of nitrogens with zero attached hydrogens (tertiary/aromatic N) is 4. The van der Waals surface area contributed by atoms with E-state index in [1.54, 1.807) is 47.5 Å². The number of carbonyl (C=O) groups is 2. The molecule has 1 N–H and O–H groups in total. The van der Waals surface area contributed by atoms with Gasteiger partial charge in [0.05, 0.1) is 18.8 Å². The smallest absolute Gasteiger partial charge is 0.378 e. The molecule has 0 aliphatic carbocycles. The highest BCUT2D eigenvalue weighted by Crippen LogP contribution is 2.31. The fraction of sp³-hybridized carbons (Fsp3) is 0.273. The molecule has 4 aromatic rings. The van der Waals surface area contributed by atoms with Crippen molar-refractivity contribution in [2.24, 2.45) is 0 Å². The Kier molecular flexibility index (Phi) is 9.43. The van der Waals surface area contributed by atoms with Gasteiger partial charge in [-0.2, -0.15) is 18.2 Å². The predicted molar refractivity (Wildman–Crippen MR) is 162 cm³/mol. The highest BCUT2D eigenvalue weighted by atomic mass is 19.4. The van der Waals surface area contributed by atoms with E-state index in [9.17, 15) is 27.2 Å². The monoisotopic (exact) mass is 621 g/mol. The fourth-order valence-electron chi connectivity index (χ4n) is 5.00. The topological polar surface area (TPSA) is 87.7 Å². The third kappa shape index (κ3) is 8.01. The molecule has 12 heteroatoms. The van der Waals surface area contributed by atoms with E-state index in [0.29, 0.717) is 61.0 Å². The summed E-state index contributed by atoms with van der Waals surface area (Å²) in [5.74, 6) is -0.512. The molecular formula is C33H31F4N5O3. The van der Waals surface area contributed by atoms with Crippen LogP contribution in [-0.2, 0) is 28.5 Å². The fourth-order valence-corrected chi connectivity index (χ4v) is 5.00. The molecule has 0 saturated carbocycles. The van der Waals surface area contributed by atoms with Gasteiger partial charge in [-0.1, -0.05) is 18.2 Å². The van der Waals surface area contributed by atoms with Crippen LogP contribution >= 0.6 is 0 Å². The predicted octanol–water partition coefficient (Wildman–Crippen LogP) is 6.28. The maximum absolute atomic E-state index is 13.7. The lowest BCUT2D eigenvalue weighted by Crippen LogP contribution is -2.40. The number of amides is 1. The summed E-state index contributed by atoms with van der Waals surface area (Å²) in [6.07, 6.45) is -3.42. The number of ketones is 1. The van der Waals surface area contributed by atoms with Crippen LogP contribution in [0, 0.1) is 12.7 Å². The number of anilines is 4. The zero-order valence-electron chi connectivity index (χ0n) is 24.7. The number of hydrogen-bond donors (Lipinski definition) is 1. The molecule has 3 aromatic carbocycles. The SMILES string of the molecule is Cc1ccc(Nc2nccc(N(C)c3ccc(CC(=O)Cc4cc(F)cc(C(F)(F)F)c4)cc3)n2)cc1C(=O)N1CCOCC1. The Bertz CT molecular complexity index is 1690. The van der Waals surface area contributed by atoms with Crippen LogP contribution in [0.2, 0.25) is 0 Å². The number of carbonyl (C=O) groups excluding carboxylic acids is 2. The van der Waals surface area contributed by atoms with Crippen LogP contribution in [0.3, 0.4) is 0 Å². The Hall–Kier alpha value is -4.84. The minimum absolute atomic E-state index is 0.0178. The lowest BCUT2D eigenvalue weighted by atomic mass is 10.0. The average molecular weight is 622 g/mol. The van der Waals surface area contributed by atoms with Gasteiger partial charge in [0.2, 0.25) is 5.95 Å². The van der Waals surface area contributed by atoms with E-state index >= 15 is 0 Å². The Labute approximate surface area is 257 Å². The second-order valence-corrected chi connectivity index (χ2v) is 10.8. The molecule has 1 aliphatic rings. The Morgan fingerprint density at radius 1 is 0.956 bits per heavy atom. The number of hydrogen-bond acceptors (Lipinski definition) is 7. The number of halogens is 4. The third-order valence-corrected chi connectivity index (χ3v) is 7.42. The molecule has 45 heavy (non-hydrogen) atoms. The zero-order chi connectivity index (χ0) is 32.1. The number of rotatable bonds is 9. The molecule has 2 heterocycles. The molecule has 8 nitrogen and oxygen atoms in total. The van der Waals surface area contributed by atoms with E-state index in [-0.39, 0.29) is 30.1 Å². The summed E-state index contributed by atoms with van der Waals surface area (Å²) in [5.41, 5.74) is 2.41. The van der Waals surface area contributed by atoms with Crippen molar-refractivity contribution in [2.45, 2.75) is 25.9 Å². The van der Waals surface area contributed by atoms with Crippen LogP contribution < -0.4 is 10.2 Å². The molecular weight excluding hydrogens is 590 g/mol. The number of aromatic nitrogens is 2. The quantitative estimate of drug-likeness (QED) is 0.220. The number of nitrogens with one attached hydrogen (secondary N) is 1. The van der Waals surface area contributed by atoms with Crippen LogP contribution in [0.25, 0.3) is 0 Å². The van der Waals surface area contributed by atoms with Crippen molar-refractivity contribution in [3.05, 3.63) is 107 Å². The maximum atomic E-state index is 13.7. The van der Waals surface area contributed by atoms with Gasteiger partial charge in [-0.25, -0.2) is 9.37 Å².